The minimum Gasteiger partial charge on any atom is -0.452 e. The third-order valence-electron chi connectivity index (χ3n) is 7.58. The standard InChI is InChI=1S/C28H45N5O7/c1-9-11-20-26(37)33-15-10-12-19(33)25(36)30-22(16(2)3)27(38)32(8)23(17(4)5)28(39)31(7)18(6)24(35)29-14-13-21(34)40-20/h9,16-20,22-23H,1,10-15H2,2-8H3,(H,29,35)(H,30,36)/t18-,19-,20-,22-,23+/m0/s1. The SMILES string of the molecule is C=CC[C@@H]1OC(=O)CCNC(=O)[C@H](C)N(C)C(=O)[C@@H](C(C)C)N(C)C(=O)[C@H](C(C)C)NC(=O)[C@@H]2CCCN2C1=O. The molecule has 2 saturated heterocycles. The van der Waals surface area contributed by atoms with Crippen LogP contribution in [0.1, 0.15) is 60.3 Å². The van der Waals surface area contributed by atoms with Gasteiger partial charge in [-0.3, -0.25) is 28.8 Å². The molecule has 5 atom stereocenters. The van der Waals surface area contributed by atoms with Gasteiger partial charge in [0.15, 0.2) is 6.10 Å². The van der Waals surface area contributed by atoms with Crippen LogP contribution in [0.25, 0.3) is 0 Å². The zero-order valence-electron chi connectivity index (χ0n) is 24.8. The fraction of sp³-hybridized carbons (Fsp3) is 0.714. The molecule has 5 amide bonds. The van der Waals surface area contributed by atoms with Crippen molar-refractivity contribution < 1.29 is 33.5 Å². The van der Waals surface area contributed by atoms with E-state index in [1.165, 1.54) is 34.9 Å². The van der Waals surface area contributed by atoms with Crippen LogP contribution in [-0.2, 0) is 33.5 Å². The van der Waals surface area contributed by atoms with Crippen LogP contribution in [0.5, 0.6) is 0 Å². The molecule has 2 aliphatic heterocycles. The summed E-state index contributed by atoms with van der Waals surface area (Å²) < 4.78 is 5.43. The molecule has 2 N–H and O–H groups in total. The second-order valence-corrected chi connectivity index (χ2v) is 11.2. The van der Waals surface area contributed by atoms with E-state index >= 15 is 0 Å². The Morgan fingerprint density at radius 3 is 2.17 bits per heavy atom. The second kappa shape index (κ2) is 14.3. The van der Waals surface area contributed by atoms with Crippen LogP contribution in [0, 0.1) is 11.8 Å². The van der Waals surface area contributed by atoms with Crippen molar-refractivity contribution >= 4 is 35.5 Å². The number of cyclic esters (lactones) is 1. The molecule has 0 aromatic heterocycles. The smallest absolute Gasteiger partial charge is 0.308 e. The van der Waals surface area contributed by atoms with E-state index < -0.39 is 65.8 Å². The molecule has 224 valence electrons. The molecule has 0 aliphatic carbocycles. The fourth-order valence-corrected chi connectivity index (χ4v) is 5.08. The Hall–Kier alpha value is -3.44. The number of hydrogen-bond donors (Lipinski definition) is 2. The molecule has 0 bridgehead atoms. The van der Waals surface area contributed by atoms with Crippen LogP contribution in [0.4, 0.5) is 0 Å². The lowest BCUT2D eigenvalue weighted by Gasteiger charge is -2.37. The topological polar surface area (TPSA) is 145 Å². The van der Waals surface area contributed by atoms with E-state index in [2.05, 4.69) is 17.2 Å². The summed E-state index contributed by atoms with van der Waals surface area (Å²) in [7, 11) is 3.00. The Kier molecular flexibility index (Phi) is 11.7. The summed E-state index contributed by atoms with van der Waals surface area (Å²) in [5.74, 6) is -3.67. The molecule has 0 radical (unpaired) electrons. The molecule has 12 heteroatoms. The Balaban J connectivity index is 2.50. The maximum atomic E-state index is 13.7. The largest absolute Gasteiger partial charge is 0.452 e. The van der Waals surface area contributed by atoms with E-state index in [1.54, 1.807) is 34.6 Å². The number of nitrogens with one attached hydrogen (secondary N) is 2. The highest BCUT2D eigenvalue weighted by Gasteiger charge is 2.42. The van der Waals surface area contributed by atoms with Crippen molar-refractivity contribution in [3.63, 3.8) is 0 Å². The van der Waals surface area contributed by atoms with Crippen LogP contribution in [0.2, 0.25) is 0 Å². The number of nitrogens with zero attached hydrogens (tertiary/aromatic N) is 3. The predicted molar refractivity (Wildman–Crippen MR) is 147 cm³/mol. The molecule has 0 saturated carbocycles. The molecular weight excluding hydrogens is 518 g/mol. The first-order valence-electron chi connectivity index (χ1n) is 13.9. The van der Waals surface area contributed by atoms with Gasteiger partial charge in [-0.25, -0.2) is 0 Å². The number of fused-ring (bicyclic) bond motifs is 1. The lowest BCUT2D eigenvalue weighted by Crippen LogP contribution is -2.60. The van der Waals surface area contributed by atoms with Gasteiger partial charge in [-0.05, 0) is 31.6 Å². The summed E-state index contributed by atoms with van der Waals surface area (Å²) in [4.78, 5) is 83.5. The Bertz CT molecular complexity index is 998. The minimum atomic E-state index is -1.17. The van der Waals surface area contributed by atoms with Crippen molar-refractivity contribution in [1.82, 2.24) is 25.3 Å². The van der Waals surface area contributed by atoms with E-state index in [1.807, 2.05) is 0 Å². The summed E-state index contributed by atoms with van der Waals surface area (Å²) in [6.07, 6.45) is 1.12. The molecular formula is C28H45N5O7. The van der Waals surface area contributed by atoms with Gasteiger partial charge in [0.25, 0.3) is 5.91 Å². The molecule has 2 aliphatic rings. The van der Waals surface area contributed by atoms with Crippen molar-refractivity contribution in [1.29, 1.82) is 0 Å². The number of likely N-dealkylation sites (N-methyl/N-ethyl adjacent to an activating group) is 2. The number of carbonyl (C=O) groups excluding carboxylic acids is 6. The van der Waals surface area contributed by atoms with E-state index in [0.29, 0.717) is 19.4 Å². The van der Waals surface area contributed by atoms with Crippen molar-refractivity contribution in [2.45, 2.75) is 90.6 Å². The number of rotatable bonds is 4. The monoisotopic (exact) mass is 563 g/mol. The van der Waals surface area contributed by atoms with Gasteiger partial charge in [0.2, 0.25) is 23.6 Å². The van der Waals surface area contributed by atoms with Gasteiger partial charge in [-0.15, -0.1) is 6.58 Å². The predicted octanol–water partition coefficient (Wildman–Crippen LogP) is 0.456. The van der Waals surface area contributed by atoms with Crippen molar-refractivity contribution in [2.24, 2.45) is 11.8 Å². The van der Waals surface area contributed by atoms with Gasteiger partial charge in [-0.2, -0.15) is 0 Å². The number of hydrogen-bond acceptors (Lipinski definition) is 7. The quantitative estimate of drug-likeness (QED) is 0.373. The Morgan fingerprint density at radius 2 is 1.60 bits per heavy atom. The summed E-state index contributed by atoms with van der Waals surface area (Å²) in [6.45, 7) is 12.6. The maximum Gasteiger partial charge on any atom is 0.308 e. The summed E-state index contributed by atoms with van der Waals surface area (Å²) in [5.41, 5.74) is 0. The Morgan fingerprint density at radius 1 is 0.950 bits per heavy atom. The molecule has 2 rings (SSSR count). The first kappa shape index (κ1) is 32.8. The molecule has 2 fully saturated rings. The fourth-order valence-electron chi connectivity index (χ4n) is 5.08. The third kappa shape index (κ3) is 7.60. The average molecular weight is 564 g/mol. The van der Waals surface area contributed by atoms with Gasteiger partial charge < -0.3 is 30.1 Å². The molecule has 0 aromatic rings. The lowest BCUT2D eigenvalue weighted by atomic mass is 9.97. The van der Waals surface area contributed by atoms with E-state index in [-0.39, 0.29) is 31.2 Å². The van der Waals surface area contributed by atoms with Crippen molar-refractivity contribution in [3.8, 4) is 0 Å². The van der Waals surface area contributed by atoms with Crippen LogP contribution in [0.3, 0.4) is 0 Å². The van der Waals surface area contributed by atoms with Crippen LogP contribution in [-0.4, -0.2) is 108 Å². The van der Waals surface area contributed by atoms with Crippen LogP contribution < -0.4 is 10.6 Å². The first-order chi connectivity index (χ1) is 18.7. The van der Waals surface area contributed by atoms with E-state index in [4.69, 9.17) is 4.74 Å². The van der Waals surface area contributed by atoms with Crippen LogP contribution in [0.15, 0.2) is 12.7 Å². The first-order valence-corrected chi connectivity index (χ1v) is 13.9. The highest BCUT2D eigenvalue weighted by atomic mass is 16.5. The molecule has 0 unspecified atom stereocenters. The van der Waals surface area contributed by atoms with E-state index in [0.717, 1.165) is 0 Å². The molecule has 2 heterocycles. The highest BCUT2D eigenvalue weighted by Crippen LogP contribution is 2.22. The molecule has 12 nitrogen and oxygen atoms in total. The molecule has 40 heavy (non-hydrogen) atoms. The van der Waals surface area contributed by atoms with E-state index in [9.17, 15) is 28.8 Å². The molecule has 0 spiro atoms. The summed E-state index contributed by atoms with van der Waals surface area (Å²) >= 11 is 0. The van der Waals surface area contributed by atoms with Gasteiger partial charge in [0.1, 0.15) is 24.2 Å². The normalized spacial score (nSPS) is 28.5. The van der Waals surface area contributed by atoms with Gasteiger partial charge in [0.05, 0.1) is 6.42 Å². The average Bonchev–Trinajstić information content (AvgIpc) is 3.38. The zero-order chi connectivity index (χ0) is 30.3. The molecule has 0 aromatic carbocycles. The Labute approximate surface area is 236 Å². The lowest BCUT2D eigenvalue weighted by molar-refractivity contribution is -0.161. The number of amides is 5. The highest BCUT2D eigenvalue weighted by molar-refractivity contribution is 5.96. The minimum absolute atomic E-state index is 0.0558. The summed E-state index contributed by atoms with van der Waals surface area (Å²) in [5, 5.41) is 5.45. The van der Waals surface area contributed by atoms with Crippen molar-refractivity contribution in [3.05, 3.63) is 12.7 Å². The maximum absolute atomic E-state index is 13.7. The third-order valence-corrected chi connectivity index (χ3v) is 7.58. The zero-order valence-corrected chi connectivity index (χ0v) is 24.8. The number of esters is 1. The van der Waals surface area contributed by atoms with Gasteiger partial charge in [0, 0.05) is 33.6 Å². The summed E-state index contributed by atoms with van der Waals surface area (Å²) in [6, 6.07) is -3.59. The number of ether oxygens (including phenoxy) is 1. The number of carbonyl (C=O) groups is 6. The van der Waals surface area contributed by atoms with Gasteiger partial charge in [-0.1, -0.05) is 33.8 Å². The van der Waals surface area contributed by atoms with Crippen LogP contribution >= 0.6 is 0 Å². The second-order valence-electron chi connectivity index (χ2n) is 11.2. The van der Waals surface area contributed by atoms with Crippen molar-refractivity contribution in [2.75, 3.05) is 27.2 Å². The van der Waals surface area contributed by atoms with Gasteiger partial charge >= 0.3 is 5.97 Å².